The molecule has 3 aromatic rings. The molecule has 0 atom stereocenters. The molecule has 0 amide bonds. The second kappa shape index (κ2) is 10.4. The van der Waals surface area contributed by atoms with Crippen LogP contribution in [0.1, 0.15) is 12.5 Å². The lowest BCUT2D eigenvalue weighted by Gasteiger charge is -2.27. The Bertz CT molecular complexity index is 1140. The number of fused-ring (bicyclic) bond motifs is 1. The fourth-order valence-electron chi connectivity index (χ4n) is 3.89. The van der Waals surface area contributed by atoms with Crippen molar-refractivity contribution in [2.75, 3.05) is 51.8 Å². The summed E-state index contributed by atoms with van der Waals surface area (Å²) < 4.78 is 16.0. The molecule has 0 radical (unpaired) electrons. The zero-order chi connectivity index (χ0) is 23.2. The smallest absolute Gasteiger partial charge is 0.224 e. The van der Waals surface area contributed by atoms with Crippen molar-refractivity contribution in [2.24, 2.45) is 0 Å². The first-order valence-corrected chi connectivity index (χ1v) is 11.0. The lowest BCUT2D eigenvalue weighted by molar-refractivity contribution is 0.0398. The van der Waals surface area contributed by atoms with Gasteiger partial charge >= 0.3 is 0 Å². The van der Waals surface area contributed by atoms with E-state index in [0.717, 1.165) is 66.3 Å². The zero-order valence-electron chi connectivity index (χ0n) is 19.0. The second-order valence-electron chi connectivity index (χ2n) is 7.88. The Balaban J connectivity index is 1.69. The highest BCUT2D eigenvalue weighted by Gasteiger charge is 2.17. The highest BCUT2D eigenvalue weighted by atomic mass is 16.5. The van der Waals surface area contributed by atoms with Crippen LogP contribution in [0.5, 0.6) is 5.75 Å². The van der Waals surface area contributed by atoms with Crippen LogP contribution in [0, 0.1) is 10.8 Å². The van der Waals surface area contributed by atoms with Gasteiger partial charge in [-0.05, 0) is 35.4 Å². The van der Waals surface area contributed by atoms with E-state index in [1.807, 2.05) is 36.4 Å². The molecule has 8 heteroatoms. The minimum atomic E-state index is -0.0966. The van der Waals surface area contributed by atoms with Gasteiger partial charge in [-0.3, -0.25) is 20.7 Å². The van der Waals surface area contributed by atoms with E-state index in [1.54, 1.807) is 13.3 Å². The van der Waals surface area contributed by atoms with Gasteiger partial charge in [0.15, 0.2) is 5.90 Å². The molecule has 1 aliphatic heterocycles. The first-order chi connectivity index (χ1) is 16.0. The minimum absolute atomic E-state index is 0.0358. The molecule has 8 nitrogen and oxygen atoms in total. The number of benzene rings is 2. The number of pyridine rings is 1. The van der Waals surface area contributed by atoms with Crippen molar-refractivity contribution in [1.29, 1.82) is 10.8 Å². The second-order valence-corrected chi connectivity index (χ2v) is 7.88. The molecular weight excluding hydrogens is 418 g/mol. The van der Waals surface area contributed by atoms with E-state index in [0.29, 0.717) is 12.1 Å². The first-order valence-electron chi connectivity index (χ1n) is 11.0. The molecule has 1 aromatic heterocycles. The third kappa shape index (κ3) is 5.47. The molecule has 4 rings (SSSR count). The highest BCUT2D eigenvalue weighted by molar-refractivity contribution is 6.09. The van der Waals surface area contributed by atoms with Crippen LogP contribution in [-0.4, -0.2) is 68.2 Å². The van der Waals surface area contributed by atoms with Gasteiger partial charge in [-0.2, -0.15) is 0 Å². The number of nitrogens with zero attached hydrogens (tertiary/aromatic N) is 2. The molecule has 0 aliphatic carbocycles. The number of aromatic nitrogens is 1. The quantitative estimate of drug-likeness (QED) is 0.374. The normalized spacial score (nSPS) is 14.1. The molecule has 0 bridgehead atoms. The van der Waals surface area contributed by atoms with Gasteiger partial charge < -0.3 is 19.5 Å². The molecule has 172 valence electrons. The van der Waals surface area contributed by atoms with Gasteiger partial charge in [-0.25, -0.2) is 0 Å². The van der Waals surface area contributed by atoms with Gasteiger partial charge in [0.2, 0.25) is 5.90 Å². The van der Waals surface area contributed by atoms with Crippen LogP contribution in [0.2, 0.25) is 0 Å². The molecule has 0 spiro atoms. The average Bonchev–Trinajstić information content (AvgIpc) is 2.84. The maximum atomic E-state index is 8.39. The third-order valence-electron chi connectivity index (χ3n) is 5.62. The van der Waals surface area contributed by atoms with E-state index in [1.165, 1.54) is 6.92 Å². The van der Waals surface area contributed by atoms with Crippen molar-refractivity contribution in [1.82, 2.24) is 9.88 Å². The Kier molecular flexibility index (Phi) is 7.16. The summed E-state index contributed by atoms with van der Waals surface area (Å²) in [6.45, 7) is 6.42. The van der Waals surface area contributed by atoms with E-state index in [-0.39, 0.29) is 11.8 Å². The number of methoxy groups -OCH3 is 1. The van der Waals surface area contributed by atoms with Crippen molar-refractivity contribution < 1.29 is 14.2 Å². The summed E-state index contributed by atoms with van der Waals surface area (Å²) in [7, 11) is 1.65. The SMILES string of the molecule is COc1ccc(-c2ccc3ncc(C(=N)OC(C)=N)c(NCCN4CCOCC4)c3c2)cc1. The third-order valence-corrected chi connectivity index (χ3v) is 5.62. The minimum Gasteiger partial charge on any atom is -0.497 e. The molecule has 33 heavy (non-hydrogen) atoms. The topological polar surface area (TPSA) is 104 Å². The van der Waals surface area contributed by atoms with E-state index < -0.39 is 0 Å². The summed E-state index contributed by atoms with van der Waals surface area (Å²) in [5.41, 5.74) is 4.24. The number of hydrogen-bond donors (Lipinski definition) is 3. The van der Waals surface area contributed by atoms with Crippen LogP contribution >= 0.6 is 0 Å². The molecule has 1 fully saturated rings. The number of anilines is 1. The Hall–Kier alpha value is -3.49. The largest absolute Gasteiger partial charge is 0.497 e. The van der Waals surface area contributed by atoms with Crippen molar-refractivity contribution in [2.45, 2.75) is 6.92 Å². The van der Waals surface area contributed by atoms with Crippen LogP contribution in [0.15, 0.2) is 48.7 Å². The summed E-state index contributed by atoms with van der Waals surface area (Å²) in [5.74, 6) is 0.675. The number of rotatable bonds is 7. The number of hydrogen-bond acceptors (Lipinski definition) is 8. The van der Waals surface area contributed by atoms with Gasteiger partial charge in [0.05, 0.1) is 37.1 Å². The number of nitrogens with one attached hydrogen (secondary N) is 3. The fourth-order valence-corrected chi connectivity index (χ4v) is 3.89. The Morgan fingerprint density at radius 3 is 2.52 bits per heavy atom. The fraction of sp³-hybridized carbons (Fsp3) is 0.320. The zero-order valence-corrected chi connectivity index (χ0v) is 19.0. The summed E-state index contributed by atoms with van der Waals surface area (Å²) in [5, 5.41) is 20.4. The molecule has 0 saturated carbocycles. The van der Waals surface area contributed by atoms with E-state index in [4.69, 9.17) is 25.0 Å². The summed E-state index contributed by atoms with van der Waals surface area (Å²) in [4.78, 5) is 6.91. The molecule has 0 unspecified atom stereocenters. The predicted molar refractivity (Wildman–Crippen MR) is 131 cm³/mol. The molecule has 1 aliphatic rings. The summed E-state index contributed by atoms with van der Waals surface area (Å²) in [6.07, 6.45) is 1.64. The molecule has 1 saturated heterocycles. The Morgan fingerprint density at radius 1 is 1.09 bits per heavy atom. The van der Waals surface area contributed by atoms with Crippen LogP contribution in [0.4, 0.5) is 5.69 Å². The van der Waals surface area contributed by atoms with Gasteiger partial charge in [0.25, 0.3) is 0 Å². The molecule has 2 heterocycles. The lowest BCUT2D eigenvalue weighted by Crippen LogP contribution is -2.39. The number of morpholine rings is 1. The maximum Gasteiger partial charge on any atom is 0.224 e. The molecule has 2 aromatic carbocycles. The van der Waals surface area contributed by atoms with Gasteiger partial charge in [0.1, 0.15) is 5.75 Å². The average molecular weight is 448 g/mol. The van der Waals surface area contributed by atoms with Crippen molar-refractivity contribution >= 4 is 28.4 Å². The van der Waals surface area contributed by atoms with Crippen LogP contribution in [0.3, 0.4) is 0 Å². The van der Waals surface area contributed by atoms with E-state index >= 15 is 0 Å². The molecular formula is C25H29N5O3. The highest BCUT2D eigenvalue weighted by Crippen LogP contribution is 2.31. The molecule has 3 N–H and O–H groups in total. The van der Waals surface area contributed by atoms with Crippen LogP contribution in [-0.2, 0) is 9.47 Å². The van der Waals surface area contributed by atoms with Gasteiger partial charge in [-0.15, -0.1) is 0 Å². The van der Waals surface area contributed by atoms with Crippen LogP contribution in [0.25, 0.3) is 22.0 Å². The monoisotopic (exact) mass is 447 g/mol. The lowest BCUT2D eigenvalue weighted by atomic mass is 10.0. The van der Waals surface area contributed by atoms with Crippen LogP contribution < -0.4 is 10.1 Å². The van der Waals surface area contributed by atoms with E-state index in [2.05, 4.69) is 21.3 Å². The van der Waals surface area contributed by atoms with Crippen molar-refractivity contribution in [3.63, 3.8) is 0 Å². The van der Waals surface area contributed by atoms with Gasteiger partial charge in [0, 0.05) is 44.7 Å². The Labute approximate surface area is 193 Å². The van der Waals surface area contributed by atoms with Crippen molar-refractivity contribution in [3.8, 4) is 16.9 Å². The summed E-state index contributed by atoms with van der Waals surface area (Å²) in [6, 6.07) is 14.0. The van der Waals surface area contributed by atoms with Crippen molar-refractivity contribution in [3.05, 3.63) is 54.2 Å². The predicted octanol–water partition coefficient (Wildman–Crippen LogP) is 3.99. The van der Waals surface area contributed by atoms with Gasteiger partial charge in [-0.1, -0.05) is 18.2 Å². The Morgan fingerprint density at radius 2 is 1.82 bits per heavy atom. The first kappa shape index (κ1) is 22.7. The summed E-state index contributed by atoms with van der Waals surface area (Å²) >= 11 is 0. The number of ether oxygens (including phenoxy) is 3. The maximum absolute atomic E-state index is 8.39. The standard InChI is InChI=1S/C25H29N5O3/c1-17(26)33-25(27)22-16-29-23-8-5-19(18-3-6-20(31-2)7-4-18)15-21(23)24(22)28-9-10-30-11-13-32-14-12-30/h3-8,15-16,26-27H,9-14H2,1-2H3,(H,28,29). The van der Waals surface area contributed by atoms with E-state index in [9.17, 15) is 0 Å².